The SMILES string of the molecule is CC(CNC[C@@H](C)O)c1ccc(F)cc1. The smallest absolute Gasteiger partial charge is 0.123 e. The van der Waals surface area contributed by atoms with Gasteiger partial charge in [-0.15, -0.1) is 0 Å². The van der Waals surface area contributed by atoms with Crippen LogP contribution in [0.15, 0.2) is 24.3 Å². The molecule has 0 spiro atoms. The van der Waals surface area contributed by atoms with Crippen LogP contribution in [-0.2, 0) is 0 Å². The zero-order valence-corrected chi connectivity index (χ0v) is 9.20. The van der Waals surface area contributed by atoms with Crippen molar-refractivity contribution in [3.05, 3.63) is 35.6 Å². The summed E-state index contributed by atoms with van der Waals surface area (Å²) in [5.74, 6) is 0.118. The first-order valence-electron chi connectivity index (χ1n) is 5.24. The minimum absolute atomic E-state index is 0.206. The summed E-state index contributed by atoms with van der Waals surface area (Å²) in [7, 11) is 0. The summed E-state index contributed by atoms with van der Waals surface area (Å²) in [4.78, 5) is 0. The third-order valence-electron chi connectivity index (χ3n) is 2.33. The molecule has 0 fully saturated rings. The lowest BCUT2D eigenvalue weighted by Gasteiger charge is -2.13. The van der Waals surface area contributed by atoms with Gasteiger partial charge in [0.15, 0.2) is 0 Å². The predicted octanol–water partition coefficient (Wildman–Crippen LogP) is 1.90. The van der Waals surface area contributed by atoms with Gasteiger partial charge in [0.25, 0.3) is 0 Å². The molecule has 0 amide bonds. The molecular weight excluding hydrogens is 193 g/mol. The van der Waals surface area contributed by atoms with E-state index in [2.05, 4.69) is 12.2 Å². The summed E-state index contributed by atoms with van der Waals surface area (Å²) in [5.41, 5.74) is 1.11. The van der Waals surface area contributed by atoms with Crippen molar-refractivity contribution in [2.24, 2.45) is 0 Å². The van der Waals surface area contributed by atoms with Crippen LogP contribution in [0.1, 0.15) is 25.3 Å². The van der Waals surface area contributed by atoms with Gasteiger partial charge in [-0.05, 0) is 30.5 Å². The van der Waals surface area contributed by atoms with Crippen molar-refractivity contribution in [3.63, 3.8) is 0 Å². The maximum absolute atomic E-state index is 12.7. The fourth-order valence-corrected chi connectivity index (χ4v) is 1.42. The van der Waals surface area contributed by atoms with Gasteiger partial charge in [0.2, 0.25) is 0 Å². The highest BCUT2D eigenvalue weighted by Crippen LogP contribution is 2.14. The Morgan fingerprint density at radius 2 is 1.80 bits per heavy atom. The fraction of sp³-hybridized carbons (Fsp3) is 0.500. The predicted molar refractivity (Wildman–Crippen MR) is 59.4 cm³/mol. The number of rotatable bonds is 5. The Morgan fingerprint density at radius 3 is 2.33 bits per heavy atom. The maximum Gasteiger partial charge on any atom is 0.123 e. The van der Waals surface area contributed by atoms with Gasteiger partial charge in [0, 0.05) is 13.1 Å². The highest BCUT2D eigenvalue weighted by molar-refractivity contribution is 5.20. The van der Waals surface area contributed by atoms with Crippen molar-refractivity contribution < 1.29 is 9.50 Å². The van der Waals surface area contributed by atoms with Crippen molar-refractivity contribution in [1.82, 2.24) is 5.32 Å². The van der Waals surface area contributed by atoms with Crippen LogP contribution in [0.5, 0.6) is 0 Å². The molecule has 0 saturated heterocycles. The summed E-state index contributed by atoms with van der Waals surface area (Å²) in [6.45, 7) is 5.19. The van der Waals surface area contributed by atoms with Crippen molar-refractivity contribution >= 4 is 0 Å². The molecule has 0 radical (unpaired) electrons. The van der Waals surface area contributed by atoms with E-state index in [-0.39, 0.29) is 11.9 Å². The number of aliphatic hydroxyl groups is 1. The van der Waals surface area contributed by atoms with Gasteiger partial charge < -0.3 is 10.4 Å². The van der Waals surface area contributed by atoms with E-state index in [9.17, 15) is 4.39 Å². The largest absolute Gasteiger partial charge is 0.392 e. The molecule has 1 unspecified atom stereocenters. The molecule has 15 heavy (non-hydrogen) atoms. The molecule has 0 heterocycles. The second-order valence-corrected chi connectivity index (χ2v) is 3.96. The van der Waals surface area contributed by atoms with E-state index in [1.54, 1.807) is 19.1 Å². The molecule has 0 aliphatic heterocycles. The molecule has 2 nitrogen and oxygen atoms in total. The Morgan fingerprint density at radius 1 is 1.20 bits per heavy atom. The van der Waals surface area contributed by atoms with Crippen molar-refractivity contribution in [2.45, 2.75) is 25.9 Å². The van der Waals surface area contributed by atoms with Crippen LogP contribution in [0.3, 0.4) is 0 Å². The van der Waals surface area contributed by atoms with Gasteiger partial charge in [-0.2, -0.15) is 0 Å². The second kappa shape index (κ2) is 5.83. The topological polar surface area (TPSA) is 32.3 Å². The van der Waals surface area contributed by atoms with Crippen LogP contribution in [0.2, 0.25) is 0 Å². The molecule has 0 bridgehead atoms. The van der Waals surface area contributed by atoms with E-state index in [4.69, 9.17) is 5.11 Å². The molecule has 0 aliphatic rings. The highest BCUT2D eigenvalue weighted by atomic mass is 19.1. The van der Waals surface area contributed by atoms with Crippen LogP contribution >= 0.6 is 0 Å². The van der Waals surface area contributed by atoms with E-state index in [0.29, 0.717) is 12.5 Å². The summed E-state index contributed by atoms with van der Waals surface area (Å²) in [6.07, 6.45) is -0.328. The average molecular weight is 211 g/mol. The monoisotopic (exact) mass is 211 g/mol. The number of nitrogens with one attached hydrogen (secondary N) is 1. The summed E-state index contributed by atoms with van der Waals surface area (Å²) < 4.78 is 12.7. The van der Waals surface area contributed by atoms with Gasteiger partial charge in [-0.1, -0.05) is 19.1 Å². The Labute approximate surface area is 90.1 Å². The third-order valence-corrected chi connectivity index (χ3v) is 2.33. The molecular formula is C12H18FNO. The lowest BCUT2D eigenvalue weighted by molar-refractivity contribution is 0.191. The van der Waals surface area contributed by atoms with Gasteiger partial charge in [0.1, 0.15) is 5.82 Å². The van der Waals surface area contributed by atoms with Crippen molar-refractivity contribution in [3.8, 4) is 0 Å². The standard InChI is InChI=1S/C12H18FNO/c1-9(7-14-8-10(2)15)11-3-5-12(13)6-4-11/h3-6,9-10,14-15H,7-8H2,1-2H3/t9?,10-/m1/s1. The van der Waals surface area contributed by atoms with Crippen LogP contribution in [0, 0.1) is 5.82 Å². The Balaban J connectivity index is 2.40. The maximum atomic E-state index is 12.7. The molecule has 0 saturated carbocycles. The number of aliphatic hydroxyl groups excluding tert-OH is 1. The minimum atomic E-state index is -0.328. The molecule has 1 aromatic rings. The Hall–Kier alpha value is -0.930. The van der Waals surface area contributed by atoms with Crippen LogP contribution in [-0.4, -0.2) is 24.3 Å². The molecule has 0 aromatic heterocycles. The van der Waals surface area contributed by atoms with Gasteiger partial charge in [0.05, 0.1) is 6.10 Å². The van der Waals surface area contributed by atoms with Crippen LogP contribution in [0.4, 0.5) is 4.39 Å². The molecule has 84 valence electrons. The number of hydrogen-bond donors (Lipinski definition) is 2. The van der Waals surface area contributed by atoms with E-state index in [1.807, 2.05) is 0 Å². The normalized spacial score (nSPS) is 14.9. The van der Waals surface area contributed by atoms with Gasteiger partial charge >= 0.3 is 0 Å². The first kappa shape index (κ1) is 12.1. The van der Waals surface area contributed by atoms with Crippen molar-refractivity contribution in [2.75, 3.05) is 13.1 Å². The molecule has 2 N–H and O–H groups in total. The number of benzene rings is 1. The molecule has 0 aliphatic carbocycles. The average Bonchev–Trinajstić information content (AvgIpc) is 2.18. The zero-order chi connectivity index (χ0) is 11.3. The summed E-state index contributed by atoms with van der Waals surface area (Å²) in [5, 5.41) is 12.2. The molecule has 3 heteroatoms. The molecule has 1 aromatic carbocycles. The third kappa shape index (κ3) is 4.40. The first-order valence-corrected chi connectivity index (χ1v) is 5.24. The summed E-state index contributed by atoms with van der Waals surface area (Å²) in [6, 6.07) is 6.54. The van der Waals surface area contributed by atoms with Crippen molar-refractivity contribution in [1.29, 1.82) is 0 Å². The van der Waals surface area contributed by atoms with Gasteiger partial charge in [-0.25, -0.2) is 4.39 Å². The second-order valence-electron chi connectivity index (χ2n) is 3.96. The fourth-order valence-electron chi connectivity index (χ4n) is 1.42. The zero-order valence-electron chi connectivity index (χ0n) is 9.20. The van der Waals surface area contributed by atoms with E-state index in [1.165, 1.54) is 12.1 Å². The molecule has 2 atom stereocenters. The highest BCUT2D eigenvalue weighted by Gasteiger charge is 2.05. The van der Waals surface area contributed by atoms with Gasteiger partial charge in [-0.3, -0.25) is 0 Å². The lowest BCUT2D eigenvalue weighted by atomic mass is 10.0. The Kier molecular flexibility index (Phi) is 4.72. The minimum Gasteiger partial charge on any atom is -0.392 e. The lowest BCUT2D eigenvalue weighted by Crippen LogP contribution is -2.27. The van der Waals surface area contributed by atoms with E-state index >= 15 is 0 Å². The molecule has 1 rings (SSSR count). The quantitative estimate of drug-likeness (QED) is 0.779. The number of halogens is 1. The Bertz CT molecular complexity index is 284. The first-order chi connectivity index (χ1) is 7.09. The van der Waals surface area contributed by atoms with E-state index < -0.39 is 0 Å². The van der Waals surface area contributed by atoms with Crippen LogP contribution in [0.25, 0.3) is 0 Å². The van der Waals surface area contributed by atoms with Crippen LogP contribution < -0.4 is 5.32 Å². The van der Waals surface area contributed by atoms with E-state index in [0.717, 1.165) is 12.1 Å². The summed E-state index contributed by atoms with van der Waals surface area (Å²) >= 11 is 0. The number of hydrogen-bond acceptors (Lipinski definition) is 2.